The van der Waals surface area contributed by atoms with Gasteiger partial charge in [0.15, 0.2) is 0 Å². The first-order valence-electron chi connectivity index (χ1n) is 13.9. The van der Waals surface area contributed by atoms with E-state index in [2.05, 4.69) is 10.4 Å². The molecule has 0 bridgehead atoms. The number of nitrogens with two attached hydrogens (primary N) is 1. The first-order chi connectivity index (χ1) is 19.0. The van der Waals surface area contributed by atoms with Gasteiger partial charge in [0.1, 0.15) is 23.9 Å². The number of hydrogen-bond acceptors (Lipinski definition) is 6. The summed E-state index contributed by atoms with van der Waals surface area (Å²) in [6.07, 6.45) is 7.49. The van der Waals surface area contributed by atoms with E-state index in [0.717, 1.165) is 67.1 Å². The molecule has 3 aliphatic rings. The van der Waals surface area contributed by atoms with Crippen LogP contribution in [0.2, 0.25) is 0 Å². The number of aliphatic hydroxyl groups is 1. The lowest BCUT2D eigenvalue weighted by atomic mass is 9.53. The SMILES string of the molecule is CC(C)(O)COc1ccc2c(CC(=O)NC3CC4(C3)CC(Oc3ccc(F)cc3C(N)=O)C4)cnn2c1C1CC1. The first kappa shape index (κ1) is 26.6. The smallest absolute Gasteiger partial charge is 0.252 e. The number of amides is 2. The maximum atomic E-state index is 13.5. The fourth-order valence-corrected chi connectivity index (χ4v) is 6.19. The molecule has 0 radical (unpaired) electrons. The van der Waals surface area contributed by atoms with E-state index in [4.69, 9.17) is 15.2 Å². The summed E-state index contributed by atoms with van der Waals surface area (Å²) in [6, 6.07) is 7.77. The van der Waals surface area contributed by atoms with Gasteiger partial charge in [-0.25, -0.2) is 8.91 Å². The van der Waals surface area contributed by atoms with Crippen molar-refractivity contribution in [2.24, 2.45) is 11.1 Å². The predicted molar refractivity (Wildman–Crippen MR) is 145 cm³/mol. The van der Waals surface area contributed by atoms with Crippen molar-refractivity contribution >= 4 is 17.3 Å². The summed E-state index contributed by atoms with van der Waals surface area (Å²) in [5, 5.41) is 17.8. The molecule has 1 spiro atoms. The van der Waals surface area contributed by atoms with Crippen LogP contribution in [0.5, 0.6) is 11.5 Å². The minimum Gasteiger partial charge on any atom is -0.490 e. The van der Waals surface area contributed by atoms with Gasteiger partial charge in [-0.1, -0.05) is 0 Å². The van der Waals surface area contributed by atoms with Crippen molar-refractivity contribution in [3.63, 3.8) is 0 Å². The highest BCUT2D eigenvalue weighted by atomic mass is 19.1. The Morgan fingerprint density at radius 1 is 1.18 bits per heavy atom. The normalized spacial score (nSPS) is 23.9. The maximum absolute atomic E-state index is 13.5. The lowest BCUT2D eigenvalue weighted by Crippen LogP contribution is -2.59. The van der Waals surface area contributed by atoms with Gasteiger partial charge in [0, 0.05) is 17.5 Å². The van der Waals surface area contributed by atoms with Crippen molar-refractivity contribution in [2.45, 2.75) is 82.5 Å². The van der Waals surface area contributed by atoms with E-state index in [9.17, 15) is 19.1 Å². The lowest BCUT2D eigenvalue weighted by molar-refractivity contribution is -0.126. The molecule has 0 unspecified atom stereocenters. The van der Waals surface area contributed by atoms with Crippen molar-refractivity contribution in [1.82, 2.24) is 14.9 Å². The maximum Gasteiger partial charge on any atom is 0.252 e. The Balaban J connectivity index is 1.02. The molecule has 3 aromatic rings. The molecule has 4 N–H and O–H groups in total. The van der Waals surface area contributed by atoms with Gasteiger partial charge in [0.05, 0.1) is 41.1 Å². The van der Waals surface area contributed by atoms with Gasteiger partial charge in [-0.3, -0.25) is 9.59 Å². The van der Waals surface area contributed by atoms with Crippen molar-refractivity contribution in [1.29, 1.82) is 0 Å². The number of nitrogens with zero attached hydrogens (tertiary/aromatic N) is 2. The Hall–Kier alpha value is -3.66. The van der Waals surface area contributed by atoms with Gasteiger partial charge in [-0.2, -0.15) is 5.10 Å². The average Bonchev–Trinajstić information content (AvgIpc) is 3.60. The second-order valence-corrected chi connectivity index (χ2v) is 12.4. The number of aromatic nitrogens is 2. The second kappa shape index (κ2) is 9.76. The molecule has 0 saturated heterocycles. The molecule has 10 heteroatoms. The molecule has 9 nitrogen and oxygen atoms in total. The number of pyridine rings is 1. The molecule has 1 aromatic carbocycles. The zero-order valence-electron chi connectivity index (χ0n) is 22.8. The standard InChI is InChI=1S/C30H35FN4O5/c1-29(2,38)16-39-25-8-6-23-18(15-33-35(23)27(25)17-3-4-17)9-26(36)34-20-11-30(12-20)13-21(14-30)40-24-7-5-19(31)10-22(24)28(32)37/h5-8,10,15,17,20-21,38H,3-4,9,11-14,16H2,1-2H3,(H2,32,37)(H,34,36). The van der Waals surface area contributed by atoms with E-state index in [-0.39, 0.29) is 42.1 Å². The molecular formula is C30H35FN4O5. The largest absolute Gasteiger partial charge is 0.490 e. The Kier molecular flexibility index (Phi) is 6.48. The van der Waals surface area contributed by atoms with Crippen LogP contribution < -0.4 is 20.5 Å². The third-order valence-corrected chi connectivity index (χ3v) is 8.20. The highest BCUT2D eigenvalue weighted by molar-refractivity contribution is 5.95. The number of carbonyl (C=O) groups is 2. The van der Waals surface area contributed by atoms with Gasteiger partial charge in [0.2, 0.25) is 5.91 Å². The van der Waals surface area contributed by atoms with E-state index < -0.39 is 17.3 Å². The molecular weight excluding hydrogens is 515 g/mol. The number of halogens is 1. The monoisotopic (exact) mass is 550 g/mol. The van der Waals surface area contributed by atoms with E-state index in [1.165, 1.54) is 12.1 Å². The highest BCUT2D eigenvalue weighted by Crippen LogP contribution is 2.57. The van der Waals surface area contributed by atoms with E-state index in [1.54, 1.807) is 20.0 Å². The molecule has 2 aromatic heterocycles. The number of rotatable bonds is 10. The van der Waals surface area contributed by atoms with Crippen LogP contribution in [0.25, 0.3) is 5.52 Å². The lowest BCUT2D eigenvalue weighted by Gasteiger charge is -2.57. The number of primary amides is 1. The van der Waals surface area contributed by atoms with Gasteiger partial charge >= 0.3 is 0 Å². The molecule has 0 aliphatic heterocycles. The van der Waals surface area contributed by atoms with Gasteiger partial charge < -0.3 is 25.6 Å². The van der Waals surface area contributed by atoms with Crippen molar-refractivity contribution in [3.05, 3.63) is 59.2 Å². The molecule has 6 rings (SSSR count). The van der Waals surface area contributed by atoms with Crippen LogP contribution in [0, 0.1) is 11.2 Å². The topological polar surface area (TPSA) is 128 Å². The predicted octanol–water partition coefficient (Wildman–Crippen LogP) is 3.65. The van der Waals surface area contributed by atoms with E-state index >= 15 is 0 Å². The number of carbonyl (C=O) groups excluding carboxylic acids is 2. The quantitative estimate of drug-likeness (QED) is 0.354. The zero-order chi connectivity index (χ0) is 28.2. The molecule has 3 fully saturated rings. The second-order valence-electron chi connectivity index (χ2n) is 12.4. The van der Waals surface area contributed by atoms with Crippen molar-refractivity contribution in [2.75, 3.05) is 6.61 Å². The van der Waals surface area contributed by atoms with Crippen LogP contribution in [0.4, 0.5) is 4.39 Å². The van der Waals surface area contributed by atoms with Crippen LogP contribution >= 0.6 is 0 Å². The molecule has 3 aliphatic carbocycles. The fourth-order valence-electron chi connectivity index (χ4n) is 6.19. The third kappa shape index (κ3) is 5.37. The van der Waals surface area contributed by atoms with Crippen LogP contribution in [-0.4, -0.2) is 50.9 Å². The molecule has 2 heterocycles. The Morgan fingerprint density at radius 2 is 1.90 bits per heavy atom. The summed E-state index contributed by atoms with van der Waals surface area (Å²) in [7, 11) is 0. The average molecular weight is 551 g/mol. The Morgan fingerprint density at radius 3 is 2.58 bits per heavy atom. The molecule has 2 amide bonds. The van der Waals surface area contributed by atoms with Gasteiger partial charge in [-0.05, 0) is 88.1 Å². The van der Waals surface area contributed by atoms with Crippen LogP contribution in [0.1, 0.15) is 79.9 Å². The van der Waals surface area contributed by atoms with Crippen LogP contribution in [0.3, 0.4) is 0 Å². The highest BCUT2D eigenvalue weighted by Gasteiger charge is 2.54. The van der Waals surface area contributed by atoms with E-state index in [0.29, 0.717) is 11.7 Å². The molecule has 40 heavy (non-hydrogen) atoms. The molecule has 0 atom stereocenters. The molecule has 212 valence electrons. The summed E-state index contributed by atoms with van der Waals surface area (Å²) in [4.78, 5) is 24.5. The minimum absolute atomic E-state index is 0.0328. The summed E-state index contributed by atoms with van der Waals surface area (Å²) in [5.74, 6) is 0.126. The fraction of sp³-hybridized carbons (Fsp3) is 0.500. The van der Waals surface area contributed by atoms with Crippen molar-refractivity contribution < 1.29 is 28.6 Å². The van der Waals surface area contributed by atoms with Crippen LogP contribution in [0.15, 0.2) is 36.5 Å². The third-order valence-electron chi connectivity index (χ3n) is 8.20. The number of fused-ring (bicyclic) bond motifs is 1. The van der Waals surface area contributed by atoms with Crippen molar-refractivity contribution in [3.8, 4) is 11.5 Å². The van der Waals surface area contributed by atoms with E-state index in [1.807, 2.05) is 16.6 Å². The van der Waals surface area contributed by atoms with Gasteiger partial charge in [-0.15, -0.1) is 0 Å². The van der Waals surface area contributed by atoms with Crippen LogP contribution in [-0.2, 0) is 11.2 Å². The zero-order valence-corrected chi connectivity index (χ0v) is 22.8. The first-order valence-corrected chi connectivity index (χ1v) is 13.9. The minimum atomic E-state index is -0.937. The Bertz CT molecular complexity index is 1460. The summed E-state index contributed by atoms with van der Waals surface area (Å²) in [6.45, 7) is 3.61. The Labute approximate surface area is 231 Å². The molecule has 3 saturated carbocycles. The van der Waals surface area contributed by atoms with Gasteiger partial charge in [0.25, 0.3) is 5.91 Å². The summed E-state index contributed by atoms with van der Waals surface area (Å²) >= 11 is 0. The number of hydrogen-bond donors (Lipinski definition) is 3. The summed E-state index contributed by atoms with van der Waals surface area (Å²) < 4.78 is 27.3. The number of ether oxygens (including phenoxy) is 2. The summed E-state index contributed by atoms with van der Waals surface area (Å²) in [5.41, 5.74) is 7.38. The number of nitrogens with one attached hydrogen (secondary N) is 1. The number of benzene rings is 1.